The molecule has 0 aromatic heterocycles. The van der Waals surface area contributed by atoms with E-state index in [-0.39, 0.29) is 5.54 Å². The summed E-state index contributed by atoms with van der Waals surface area (Å²) in [5.74, 6) is 0.684. The van der Waals surface area contributed by atoms with E-state index in [2.05, 4.69) is 31.4 Å². The Morgan fingerprint density at radius 1 is 1.40 bits per heavy atom. The minimum absolute atomic E-state index is 0.207. The Balaban J connectivity index is 2.16. The van der Waals surface area contributed by atoms with Gasteiger partial charge in [0, 0.05) is 12.1 Å². The molecule has 0 bridgehead atoms. The second-order valence-electron chi connectivity index (χ2n) is 5.01. The highest BCUT2D eigenvalue weighted by Crippen LogP contribution is 2.18. The van der Waals surface area contributed by atoms with Crippen LogP contribution in [0.25, 0.3) is 0 Å². The van der Waals surface area contributed by atoms with E-state index < -0.39 is 0 Å². The third-order valence-electron chi connectivity index (χ3n) is 3.06. The van der Waals surface area contributed by atoms with Crippen molar-refractivity contribution in [2.24, 2.45) is 5.92 Å². The summed E-state index contributed by atoms with van der Waals surface area (Å²) in [6, 6.07) is 0. The van der Waals surface area contributed by atoms with Gasteiger partial charge >= 0.3 is 0 Å². The van der Waals surface area contributed by atoms with Crippen LogP contribution in [0.2, 0.25) is 0 Å². The fourth-order valence-corrected chi connectivity index (χ4v) is 1.96. The van der Waals surface area contributed by atoms with E-state index in [0.717, 1.165) is 32.8 Å². The SMILES string of the molecule is CCNCC(C)CNC1(C)CCCOC1. The first kappa shape index (κ1) is 12.9. The van der Waals surface area contributed by atoms with Crippen LogP contribution in [-0.4, -0.2) is 38.4 Å². The molecule has 1 rings (SSSR count). The summed E-state index contributed by atoms with van der Waals surface area (Å²) in [5.41, 5.74) is 0.207. The minimum Gasteiger partial charge on any atom is -0.380 e. The fourth-order valence-electron chi connectivity index (χ4n) is 1.96. The number of rotatable bonds is 6. The summed E-state index contributed by atoms with van der Waals surface area (Å²) in [4.78, 5) is 0. The Bertz CT molecular complexity index is 167. The molecule has 90 valence electrons. The molecule has 0 spiro atoms. The van der Waals surface area contributed by atoms with Crippen molar-refractivity contribution in [1.29, 1.82) is 0 Å². The molecule has 2 N–H and O–H groups in total. The van der Waals surface area contributed by atoms with Crippen LogP contribution >= 0.6 is 0 Å². The third kappa shape index (κ3) is 4.96. The van der Waals surface area contributed by atoms with Crippen LogP contribution in [0.4, 0.5) is 0 Å². The topological polar surface area (TPSA) is 33.3 Å². The third-order valence-corrected chi connectivity index (χ3v) is 3.06. The highest BCUT2D eigenvalue weighted by atomic mass is 16.5. The largest absolute Gasteiger partial charge is 0.380 e. The van der Waals surface area contributed by atoms with Crippen molar-refractivity contribution in [3.8, 4) is 0 Å². The van der Waals surface area contributed by atoms with E-state index in [1.807, 2.05) is 0 Å². The van der Waals surface area contributed by atoms with Crippen LogP contribution in [0, 0.1) is 5.92 Å². The quantitative estimate of drug-likeness (QED) is 0.701. The zero-order valence-corrected chi connectivity index (χ0v) is 10.4. The lowest BCUT2D eigenvalue weighted by Gasteiger charge is -2.35. The molecule has 1 heterocycles. The number of nitrogens with one attached hydrogen (secondary N) is 2. The summed E-state index contributed by atoms with van der Waals surface area (Å²) < 4.78 is 5.52. The number of hydrogen-bond acceptors (Lipinski definition) is 3. The predicted octanol–water partition coefficient (Wildman–Crippen LogP) is 1.39. The van der Waals surface area contributed by atoms with Gasteiger partial charge in [-0.3, -0.25) is 0 Å². The van der Waals surface area contributed by atoms with Gasteiger partial charge in [-0.1, -0.05) is 13.8 Å². The molecule has 2 unspecified atom stereocenters. The van der Waals surface area contributed by atoms with Gasteiger partial charge in [0.15, 0.2) is 0 Å². The average molecular weight is 214 g/mol. The average Bonchev–Trinajstić information content (AvgIpc) is 2.25. The molecule has 0 saturated carbocycles. The van der Waals surface area contributed by atoms with Crippen LogP contribution < -0.4 is 10.6 Å². The van der Waals surface area contributed by atoms with Gasteiger partial charge < -0.3 is 15.4 Å². The van der Waals surface area contributed by atoms with Gasteiger partial charge in [-0.15, -0.1) is 0 Å². The Kier molecular flexibility index (Phi) is 5.58. The maximum absolute atomic E-state index is 5.52. The summed E-state index contributed by atoms with van der Waals surface area (Å²) in [7, 11) is 0. The fraction of sp³-hybridized carbons (Fsp3) is 1.00. The first-order valence-electron chi connectivity index (χ1n) is 6.20. The number of hydrogen-bond donors (Lipinski definition) is 2. The van der Waals surface area contributed by atoms with Crippen LogP contribution in [0.3, 0.4) is 0 Å². The highest BCUT2D eigenvalue weighted by molar-refractivity contribution is 4.85. The van der Waals surface area contributed by atoms with Crippen molar-refractivity contribution in [3.63, 3.8) is 0 Å². The molecule has 3 heteroatoms. The van der Waals surface area contributed by atoms with E-state index in [1.54, 1.807) is 0 Å². The molecule has 3 nitrogen and oxygen atoms in total. The molecule has 15 heavy (non-hydrogen) atoms. The van der Waals surface area contributed by atoms with E-state index >= 15 is 0 Å². The first-order chi connectivity index (χ1) is 7.16. The molecule has 1 aliphatic heterocycles. The molecule has 0 amide bonds. The second-order valence-corrected chi connectivity index (χ2v) is 5.01. The van der Waals surface area contributed by atoms with Crippen molar-refractivity contribution in [2.45, 2.75) is 39.2 Å². The van der Waals surface area contributed by atoms with Crippen molar-refractivity contribution in [1.82, 2.24) is 10.6 Å². The molecule has 0 aromatic carbocycles. The molecule has 0 aliphatic carbocycles. The van der Waals surface area contributed by atoms with Gasteiger partial charge in [-0.25, -0.2) is 0 Å². The maximum Gasteiger partial charge on any atom is 0.0645 e. The molecule has 0 aromatic rings. The normalized spacial score (nSPS) is 29.0. The van der Waals surface area contributed by atoms with Crippen molar-refractivity contribution < 1.29 is 4.74 Å². The standard InChI is InChI=1S/C12H26N2O/c1-4-13-8-11(2)9-14-12(3)6-5-7-15-10-12/h11,13-14H,4-10H2,1-3H3. The van der Waals surface area contributed by atoms with Crippen LogP contribution in [0.5, 0.6) is 0 Å². The maximum atomic E-state index is 5.52. The molecular weight excluding hydrogens is 188 g/mol. The lowest BCUT2D eigenvalue weighted by molar-refractivity contribution is 0.0272. The van der Waals surface area contributed by atoms with Crippen molar-refractivity contribution in [3.05, 3.63) is 0 Å². The summed E-state index contributed by atoms with van der Waals surface area (Å²) in [6.07, 6.45) is 2.42. The van der Waals surface area contributed by atoms with Crippen molar-refractivity contribution in [2.75, 3.05) is 32.8 Å². The monoisotopic (exact) mass is 214 g/mol. The van der Waals surface area contributed by atoms with Crippen LogP contribution in [0.15, 0.2) is 0 Å². The zero-order valence-electron chi connectivity index (χ0n) is 10.4. The van der Waals surface area contributed by atoms with Gasteiger partial charge in [-0.05, 0) is 45.3 Å². The summed E-state index contributed by atoms with van der Waals surface area (Å²) in [5, 5.41) is 7.02. The molecule has 2 atom stereocenters. The summed E-state index contributed by atoms with van der Waals surface area (Å²) >= 11 is 0. The Morgan fingerprint density at radius 3 is 2.80 bits per heavy atom. The van der Waals surface area contributed by atoms with Gasteiger partial charge in [0.25, 0.3) is 0 Å². The second kappa shape index (κ2) is 6.46. The van der Waals surface area contributed by atoms with Crippen LogP contribution in [0.1, 0.15) is 33.6 Å². The van der Waals surface area contributed by atoms with E-state index in [0.29, 0.717) is 5.92 Å². The lowest BCUT2D eigenvalue weighted by Crippen LogP contribution is -2.50. The van der Waals surface area contributed by atoms with Gasteiger partial charge in [0.1, 0.15) is 0 Å². The summed E-state index contributed by atoms with van der Waals surface area (Å²) in [6.45, 7) is 11.7. The Labute approximate surface area is 94.0 Å². The number of ether oxygens (including phenoxy) is 1. The van der Waals surface area contributed by atoms with Gasteiger partial charge in [0.2, 0.25) is 0 Å². The molecule has 0 radical (unpaired) electrons. The Hall–Kier alpha value is -0.120. The van der Waals surface area contributed by atoms with Gasteiger partial charge in [0.05, 0.1) is 6.61 Å². The molecule has 1 fully saturated rings. The molecule has 1 saturated heterocycles. The highest BCUT2D eigenvalue weighted by Gasteiger charge is 2.26. The van der Waals surface area contributed by atoms with Crippen LogP contribution in [-0.2, 0) is 4.74 Å². The molecular formula is C12H26N2O. The smallest absolute Gasteiger partial charge is 0.0645 e. The van der Waals surface area contributed by atoms with Crippen molar-refractivity contribution >= 4 is 0 Å². The predicted molar refractivity (Wildman–Crippen MR) is 64.2 cm³/mol. The minimum atomic E-state index is 0.207. The van der Waals surface area contributed by atoms with E-state index in [1.165, 1.54) is 12.8 Å². The first-order valence-corrected chi connectivity index (χ1v) is 6.20. The van der Waals surface area contributed by atoms with E-state index in [9.17, 15) is 0 Å². The van der Waals surface area contributed by atoms with Gasteiger partial charge in [-0.2, -0.15) is 0 Å². The van der Waals surface area contributed by atoms with E-state index in [4.69, 9.17) is 4.74 Å². The molecule has 1 aliphatic rings. The zero-order chi connectivity index (χ0) is 11.1. The lowest BCUT2D eigenvalue weighted by atomic mass is 9.94. The Morgan fingerprint density at radius 2 is 2.20 bits per heavy atom.